The van der Waals surface area contributed by atoms with Crippen molar-refractivity contribution in [2.45, 2.75) is 0 Å². The van der Waals surface area contributed by atoms with Gasteiger partial charge in [0.15, 0.2) is 0 Å². The van der Waals surface area contributed by atoms with Gasteiger partial charge in [0.1, 0.15) is 5.75 Å². The number of amides is 1. The molecule has 2 aromatic carbocycles. The lowest BCUT2D eigenvalue weighted by Crippen LogP contribution is -2.50. The average molecular weight is 365 g/mol. The van der Waals surface area contributed by atoms with Gasteiger partial charge in [-0.3, -0.25) is 9.69 Å². The fourth-order valence-electron chi connectivity index (χ4n) is 3.08. The minimum Gasteiger partial charge on any atom is -0.497 e. The van der Waals surface area contributed by atoms with Gasteiger partial charge in [0, 0.05) is 38.4 Å². The molecule has 0 spiro atoms. The molecule has 1 aliphatic rings. The summed E-state index contributed by atoms with van der Waals surface area (Å²) in [5.41, 5.74) is 2.14. The van der Waals surface area contributed by atoms with E-state index in [0.717, 1.165) is 44.2 Å². The van der Waals surface area contributed by atoms with Crippen molar-refractivity contribution in [1.82, 2.24) is 9.80 Å². The third-order valence-corrected chi connectivity index (χ3v) is 4.73. The van der Waals surface area contributed by atoms with Gasteiger partial charge in [0.05, 0.1) is 13.7 Å². The second-order valence-corrected chi connectivity index (χ2v) is 6.58. The predicted molar refractivity (Wildman–Crippen MR) is 110 cm³/mol. The molecule has 1 saturated heterocycles. The van der Waals surface area contributed by atoms with Crippen molar-refractivity contribution in [1.29, 1.82) is 0 Å². The van der Waals surface area contributed by atoms with E-state index in [4.69, 9.17) is 4.74 Å². The lowest BCUT2D eigenvalue weighted by atomic mass is 10.2. The minimum atomic E-state index is 0.144. The Morgan fingerprint density at radius 1 is 1.04 bits per heavy atom. The van der Waals surface area contributed by atoms with Crippen molar-refractivity contribution >= 4 is 17.7 Å². The first kappa shape index (κ1) is 19.0. The third kappa shape index (κ3) is 5.86. The summed E-state index contributed by atoms with van der Waals surface area (Å²) < 4.78 is 5.14. The van der Waals surface area contributed by atoms with Crippen LogP contribution in [-0.2, 0) is 4.79 Å². The number of carbonyl (C=O) groups excluding carboxylic acids is 1. The van der Waals surface area contributed by atoms with Crippen molar-refractivity contribution in [3.8, 4) is 5.75 Å². The quantitative estimate of drug-likeness (QED) is 0.819. The predicted octanol–water partition coefficient (Wildman–Crippen LogP) is 2.96. The normalized spacial score (nSPS) is 15.1. The number of hydrogen-bond acceptors (Lipinski definition) is 4. The van der Waals surface area contributed by atoms with Crippen LogP contribution in [0.3, 0.4) is 0 Å². The van der Waals surface area contributed by atoms with Gasteiger partial charge in [-0.2, -0.15) is 0 Å². The van der Waals surface area contributed by atoms with Gasteiger partial charge in [0.25, 0.3) is 0 Å². The van der Waals surface area contributed by atoms with Gasteiger partial charge in [-0.1, -0.05) is 42.5 Å². The number of nitrogens with zero attached hydrogens (tertiary/aromatic N) is 2. The number of rotatable bonds is 7. The first-order chi connectivity index (χ1) is 13.2. The summed E-state index contributed by atoms with van der Waals surface area (Å²) >= 11 is 0. The molecular formula is C22H27N3O2. The van der Waals surface area contributed by atoms with E-state index in [2.05, 4.69) is 34.5 Å². The summed E-state index contributed by atoms with van der Waals surface area (Å²) in [6.45, 7) is 4.62. The van der Waals surface area contributed by atoms with E-state index in [0.29, 0.717) is 6.54 Å². The van der Waals surface area contributed by atoms with Crippen molar-refractivity contribution in [2.24, 2.45) is 0 Å². The smallest absolute Gasteiger partial charge is 0.241 e. The Morgan fingerprint density at radius 2 is 1.74 bits per heavy atom. The molecule has 2 aromatic rings. The molecule has 0 bridgehead atoms. The standard InChI is InChI=1S/C22H27N3O2/c1-27-21-11-9-20(10-12-21)23-18-22(26)25-16-14-24(15-17-25)13-5-8-19-6-3-2-4-7-19/h2-12,23H,13-18H2,1H3/b8-5+. The SMILES string of the molecule is COc1ccc(NCC(=O)N2CCN(C/C=C/c3ccccc3)CC2)cc1. The van der Waals surface area contributed by atoms with Gasteiger partial charge < -0.3 is 15.0 Å². The number of anilines is 1. The van der Waals surface area contributed by atoms with E-state index < -0.39 is 0 Å². The van der Waals surface area contributed by atoms with Crippen LogP contribution in [-0.4, -0.2) is 62.1 Å². The minimum absolute atomic E-state index is 0.144. The van der Waals surface area contributed by atoms with E-state index in [-0.39, 0.29) is 5.91 Å². The van der Waals surface area contributed by atoms with Crippen molar-refractivity contribution in [3.63, 3.8) is 0 Å². The van der Waals surface area contributed by atoms with E-state index in [1.54, 1.807) is 7.11 Å². The monoisotopic (exact) mass is 365 g/mol. The maximum Gasteiger partial charge on any atom is 0.241 e. The molecule has 1 fully saturated rings. The Labute approximate surface area is 161 Å². The van der Waals surface area contributed by atoms with E-state index in [1.165, 1.54) is 5.56 Å². The molecule has 0 radical (unpaired) electrons. The highest BCUT2D eigenvalue weighted by Gasteiger charge is 2.19. The Hall–Kier alpha value is -2.79. The number of methoxy groups -OCH3 is 1. The maximum atomic E-state index is 12.4. The van der Waals surface area contributed by atoms with Gasteiger partial charge >= 0.3 is 0 Å². The molecule has 27 heavy (non-hydrogen) atoms. The number of hydrogen-bond donors (Lipinski definition) is 1. The number of carbonyl (C=O) groups is 1. The van der Waals surface area contributed by atoms with Gasteiger partial charge in [0.2, 0.25) is 5.91 Å². The molecule has 142 valence electrons. The van der Waals surface area contributed by atoms with Crippen LogP contribution in [0, 0.1) is 0 Å². The fraction of sp³-hybridized carbons (Fsp3) is 0.318. The Bertz CT molecular complexity index is 736. The molecule has 3 rings (SSSR count). The van der Waals surface area contributed by atoms with Gasteiger partial charge in [-0.15, -0.1) is 0 Å². The van der Waals surface area contributed by atoms with Crippen molar-refractivity contribution < 1.29 is 9.53 Å². The Morgan fingerprint density at radius 3 is 2.41 bits per heavy atom. The van der Waals surface area contributed by atoms with Crippen molar-refractivity contribution in [2.75, 3.05) is 51.7 Å². The molecule has 0 aromatic heterocycles. The molecule has 1 amide bonds. The fourth-order valence-corrected chi connectivity index (χ4v) is 3.08. The first-order valence-corrected chi connectivity index (χ1v) is 9.34. The summed E-state index contributed by atoms with van der Waals surface area (Å²) in [6, 6.07) is 17.9. The van der Waals surface area contributed by atoms with Crippen LogP contribution in [0.4, 0.5) is 5.69 Å². The summed E-state index contributed by atoms with van der Waals surface area (Å²) in [6.07, 6.45) is 4.34. The second-order valence-electron chi connectivity index (χ2n) is 6.58. The zero-order valence-corrected chi connectivity index (χ0v) is 15.8. The van der Waals surface area contributed by atoms with Gasteiger partial charge in [-0.05, 0) is 29.8 Å². The number of ether oxygens (including phenoxy) is 1. The second kappa shape index (κ2) is 9.78. The van der Waals surface area contributed by atoms with E-state index in [9.17, 15) is 4.79 Å². The summed E-state index contributed by atoms with van der Waals surface area (Å²) in [5, 5.41) is 3.19. The Balaban J connectivity index is 1.37. The van der Waals surface area contributed by atoms with Crippen LogP contribution in [0.1, 0.15) is 5.56 Å². The van der Waals surface area contributed by atoms with Crippen LogP contribution in [0.2, 0.25) is 0 Å². The third-order valence-electron chi connectivity index (χ3n) is 4.73. The highest BCUT2D eigenvalue weighted by molar-refractivity contribution is 5.81. The Kier molecular flexibility index (Phi) is 6.88. The lowest BCUT2D eigenvalue weighted by molar-refractivity contribution is -0.130. The van der Waals surface area contributed by atoms with Crippen LogP contribution in [0.5, 0.6) is 5.75 Å². The lowest BCUT2D eigenvalue weighted by Gasteiger charge is -2.34. The number of piperazine rings is 1. The molecular weight excluding hydrogens is 338 g/mol. The zero-order valence-electron chi connectivity index (χ0n) is 15.8. The number of benzene rings is 2. The van der Waals surface area contributed by atoms with E-state index in [1.807, 2.05) is 47.4 Å². The average Bonchev–Trinajstić information content (AvgIpc) is 2.73. The maximum absolute atomic E-state index is 12.4. The summed E-state index contributed by atoms with van der Waals surface area (Å²) in [7, 11) is 1.64. The largest absolute Gasteiger partial charge is 0.497 e. The van der Waals surface area contributed by atoms with Crippen LogP contribution in [0.25, 0.3) is 6.08 Å². The van der Waals surface area contributed by atoms with Gasteiger partial charge in [-0.25, -0.2) is 0 Å². The molecule has 5 nitrogen and oxygen atoms in total. The van der Waals surface area contributed by atoms with Crippen LogP contribution in [0.15, 0.2) is 60.7 Å². The number of nitrogens with one attached hydrogen (secondary N) is 1. The molecule has 0 atom stereocenters. The molecule has 5 heteroatoms. The molecule has 1 aliphatic heterocycles. The molecule has 0 unspecified atom stereocenters. The highest BCUT2D eigenvalue weighted by Crippen LogP contribution is 2.15. The molecule has 1 N–H and O–H groups in total. The van der Waals surface area contributed by atoms with E-state index >= 15 is 0 Å². The van der Waals surface area contributed by atoms with Crippen LogP contribution < -0.4 is 10.1 Å². The van der Waals surface area contributed by atoms with Crippen LogP contribution >= 0.6 is 0 Å². The highest BCUT2D eigenvalue weighted by atomic mass is 16.5. The summed E-state index contributed by atoms with van der Waals surface area (Å²) in [4.78, 5) is 16.7. The molecule has 0 saturated carbocycles. The zero-order chi connectivity index (χ0) is 18.9. The first-order valence-electron chi connectivity index (χ1n) is 9.34. The topological polar surface area (TPSA) is 44.8 Å². The molecule has 1 heterocycles. The molecule has 0 aliphatic carbocycles. The summed E-state index contributed by atoms with van der Waals surface area (Å²) in [5.74, 6) is 0.953. The van der Waals surface area contributed by atoms with Crippen molar-refractivity contribution in [3.05, 3.63) is 66.2 Å².